The molecule has 3 saturated heterocycles. The molecule has 0 saturated carbocycles. The number of fused-ring (bicyclic) bond motifs is 4. The highest BCUT2D eigenvalue weighted by atomic mass is 32.2. The topological polar surface area (TPSA) is 604 Å². The Morgan fingerprint density at radius 1 is 0.519 bits per heavy atom. The minimum absolute atomic E-state index is 0.00835. The lowest BCUT2D eigenvalue weighted by Gasteiger charge is -2.36. The number of para-hydroxylation sites is 1. The number of primary amides is 3. The molecule has 702 valence electrons. The van der Waals surface area contributed by atoms with Gasteiger partial charge in [-0.1, -0.05) is 102 Å². The first-order chi connectivity index (χ1) is 61.4. The second kappa shape index (κ2) is 48.7. The number of nitrogens with one attached hydrogen (secondary N) is 11. The molecule has 42 heteroatoms. The zero-order valence-electron chi connectivity index (χ0n) is 73.8. The molecule has 0 aliphatic carbocycles. The van der Waals surface area contributed by atoms with Gasteiger partial charge < -0.3 is 116 Å². The largest absolute Gasteiger partial charge is 0.508 e. The molecule has 18 amide bonds. The molecule has 8 rings (SSSR count). The van der Waals surface area contributed by atoms with Gasteiger partial charge in [0.05, 0.1) is 31.7 Å². The number of nitrogens with zero attached hydrogens (tertiary/aromatic N) is 5. The standard InChI is InChI=1S/C87H122N20O20S2/c1-9-11-22-65-80(120)95-56(31-32-88)76(116)102-64(75(115)93-42-72(91)112)45-128-46-73(113)94-60(36-49-27-29-52(109)30-28-49)83(123)103(6)48(5)74(114)98-62(40-71(90)111)86(126)107-34-18-25-67(107)82(122)97-58(39-70(89)110)78(118)99-59(35-47(3)4)85(125)106-33-17-24-66(106)81(121)96-57(38-51-44-129-69-26-16-14-20-54(51)69)77(117)101-63(43-108)79(119)100-61(37-50-41-92-55-21-15-13-19-53(50)55)84(124)105(8)68(23-12-10-2)87(127)104(65)7/h13-16,19-21,26-30,41,44,47-48,56-68,92,108-109H,9-12,17-18,22-25,31-40,42-43,45-46,88H2,1-8H3,(H2,89,110)(H2,90,111)(H2,91,112)(H,93,115)(H,94,113)(H,95,120)(H,96,121)(H,97,122)(H,98,114)(H,99,118)(H,100,119)(H,101,117)(H,102,116)/t48-,56-,57-,58-,59-,60-,61-,62+,63-,64-,65-,66-,67-,68-/m0/s1. The second-order valence-corrected chi connectivity index (χ2v) is 35.1. The molecule has 0 radical (unpaired) electrons. The predicted molar refractivity (Wildman–Crippen MR) is 478 cm³/mol. The van der Waals surface area contributed by atoms with E-state index in [1.54, 1.807) is 55.8 Å². The Hall–Kier alpha value is -12.3. The lowest BCUT2D eigenvalue weighted by molar-refractivity contribution is -0.149. The Labute approximate surface area is 755 Å². The van der Waals surface area contributed by atoms with Crippen molar-refractivity contribution in [2.24, 2.45) is 28.9 Å². The molecule has 0 bridgehead atoms. The fourth-order valence-electron chi connectivity index (χ4n) is 15.9. The van der Waals surface area contributed by atoms with E-state index in [0.29, 0.717) is 58.7 Å². The number of carbonyl (C=O) groups excluding carboxylic acids is 18. The van der Waals surface area contributed by atoms with E-state index in [9.17, 15) is 63.0 Å². The number of aromatic hydroxyl groups is 1. The summed E-state index contributed by atoms with van der Waals surface area (Å²) in [5, 5.41) is 50.5. The summed E-state index contributed by atoms with van der Waals surface area (Å²) in [6, 6.07) is -1.72. The third-order valence-electron chi connectivity index (χ3n) is 23.1. The number of aromatic nitrogens is 1. The molecule has 3 aromatic carbocycles. The molecule has 3 fully saturated rings. The number of phenols is 1. The third kappa shape index (κ3) is 28.3. The van der Waals surface area contributed by atoms with E-state index in [-0.39, 0.29) is 102 Å². The van der Waals surface area contributed by atoms with Crippen LogP contribution < -0.4 is 76.1 Å². The van der Waals surface area contributed by atoms with Crippen LogP contribution in [0.3, 0.4) is 0 Å². The number of benzene rings is 3. The molecule has 0 unspecified atom stereocenters. The highest BCUT2D eigenvalue weighted by molar-refractivity contribution is 8.00. The average molecular weight is 1830 g/mol. The van der Waals surface area contributed by atoms with Gasteiger partial charge in [0, 0.05) is 81.0 Å². The van der Waals surface area contributed by atoms with E-state index in [4.69, 9.17) is 22.9 Å². The van der Waals surface area contributed by atoms with E-state index in [0.717, 1.165) is 36.1 Å². The summed E-state index contributed by atoms with van der Waals surface area (Å²) in [5.74, 6) is -18.5. The highest BCUT2D eigenvalue weighted by Crippen LogP contribution is 2.30. The molecular formula is C87H122N20O20S2. The number of rotatable bonds is 24. The Kier molecular flexibility index (Phi) is 38.6. The number of hydrogen-bond donors (Lipinski definition) is 17. The average Bonchev–Trinajstić information content (AvgIpc) is 1.16. The van der Waals surface area contributed by atoms with Crippen molar-refractivity contribution in [2.75, 3.05) is 65.4 Å². The maximum atomic E-state index is 15.6. The first-order valence-corrected chi connectivity index (χ1v) is 45.3. The molecule has 3 aliphatic rings. The Morgan fingerprint density at radius 2 is 1.03 bits per heavy atom. The molecule has 5 heterocycles. The van der Waals surface area contributed by atoms with Crippen LogP contribution in [-0.4, -0.2) is 296 Å². The number of nitrogens with two attached hydrogens (primary N) is 4. The number of H-pyrrole nitrogens is 1. The van der Waals surface area contributed by atoms with Crippen LogP contribution in [0.4, 0.5) is 0 Å². The van der Waals surface area contributed by atoms with Gasteiger partial charge in [-0.2, -0.15) is 0 Å². The van der Waals surface area contributed by atoms with Crippen molar-refractivity contribution in [3.05, 3.63) is 101 Å². The number of aromatic amines is 1. The van der Waals surface area contributed by atoms with Crippen LogP contribution in [0.1, 0.15) is 141 Å². The zero-order valence-corrected chi connectivity index (χ0v) is 75.5. The van der Waals surface area contributed by atoms with Crippen molar-refractivity contribution in [1.29, 1.82) is 0 Å². The number of hydrogen-bond acceptors (Lipinski definition) is 23. The molecule has 3 aliphatic heterocycles. The van der Waals surface area contributed by atoms with Gasteiger partial charge in [-0.15, -0.1) is 23.1 Å². The van der Waals surface area contributed by atoms with Crippen molar-refractivity contribution in [2.45, 2.75) is 228 Å². The number of likely N-dealkylation sites (N-methyl/N-ethyl adjacent to an activating group) is 3. The summed E-state index contributed by atoms with van der Waals surface area (Å²) in [5.41, 5.74) is 25.0. The van der Waals surface area contributed by atoms with Crippen molar-refractivity contribution in [1.82, 2.24) is 82.7 Å². The molecule has 40 nitrogen and oxygen atoms in total. The quantitative estimate of drug-likeness (QED) is 0.0313. The Balaban J connectivity index is 1.18. The number of thioether (sulfide) groups is 1. The molecular weight excluding hydrogens is 1710 g/mol. The lowest BCUT2D eigenvalue weighted by Crippen LogP contribution is -2.62. The van der Waals surface area contributed by atoms with Gasteiger partial charge >= 0.3 is 0 Å². The minimum atomic E-state index is -1.84. The maximum absolute atomic E-state index is 15.6. The SMILES string of the molecule is CCCC[C@H]1C(=O)N(C)[C@@H](CCCC)C(=O)N[C@@H](CCN)C(=O)N[C@H](C(=O)NCC(N)=O)CSCC(=O)N[C@@H](Cc2ccc(O)cc2)C(=O)N(C)[C@@H](C)C(=O)N[C@H](CC(N)=O)C(=O)N2CCC[C@H]2C(=O)N[C@@H](CC(N)=O)C(=O)N[C@@H](CC(C)C)C(=O)N2CCC[C@H]2C(=O)N[C@@H](Cc2csc3ccccc23)C(=O)N[C@@H](CO)C(=O)N[C@@H](Cc2c[nH]c3ccccc23)C(=O)N1C. The van der Waals surface area contributed by atoms with Crippen LogP contribution in [0.25, 0.3) is 21.0 Å². The van der Waals surface area contributed by atoms with Crippen LogP contribution in [0.2, 0.25) is 0 Å². The normalized spacial score (nSPS) is 24.8. The Bertz CT molecular complexity index is 4870. The monoisotopic (exact) mass is 1830 g/mol. The number of phenolic OH excluding ortho intramolecular Hbond substituents is 1. The predicted octanol–water partition coefficient (Wildman–Crippen LogP) is -2.17. The molecule has 21 N–H and O–H groups in total. The lowest BCUT2D eigenvalue weighted by atomic mass is 10.00. The maximum Gasteiger partial charge on any atom is 0.246 e. The number of thiophene rings is 1. The van der Waals surface area contributed by atoms with Crippen molar-refractivity contribution in [3.63, 3.8) is 0 Å². The summed E-state index contributed by atoms with van der Waals surface area (Å²) < 4.78 is 0.818. The number of amides is 18. The van der Waals surface area contributed by atoms with Gasteiger partial charge in [0.1, 0.15) is 90.3 Å². The van der Waals surface area contributed by atoms with E-state index in [1.807, 2.05) is 32.0 Å². The van der Waals surface area contributed by atoms with Crippen molar-refractivity contribution < 1.29 is 96.5 Å². The number of aliphatic hydroxyl groups is 1. The summed E-state index contributed by atoms with van der Waals surface area (Å²) >= 11 is 2.11. The van der Waals surface area contributed by atoms with Gasteiger partial charge in [0.15, 0.2) is 0 Å². The molecule has 0 spiro atoms. The fourth-order valence-corrected chi connectivity index (χ4v) is 17.7. The first-order valence-electron chi connectivity index (χ1n) is 43.3. The summed E-state index contributed by atoms with van der Waals surface area (Å²) in [6.45, 7) is 6.23. The van der Waals surface area contributed by atoms with E-state index < -0.39 is 228 Å². The molecule has 14 atom stereocenters. The zero-order chi connectivity index (χ0) is 94.6. The third-order valence-corrected chi connectivity index (χ3v) is 25.1. The fraction of sp³-hybridized carbons (Fsp3) is 0.540. The van der Waals surface area contributed by atoms with Gasteiger partial charge in [0.2, 0.25) is 106 Å². The number of carbonyl (C=O) groups is 18. The van der Waals surface area contributed by atoms with E-state index in [2.05, 4.69) is 58.2 Å². The van der Waals surface area contributed by atoms with Crippen LogP contribution >= 0.6 is 23.1 Å². The van der Waals surface area contributed by atoms with Gasteiger partial charge in [-0.05, 0) is 122 Å². The summed E-state index contributed by atoms with van der Waals surface area (Å²) in [6.07, 6.45) is 0.989. The van der Waals surface area contributed by atoms with E-state index >= 15 is 33.6 Å². The number of aliphatic hydroxyl groups excluding tert-OH is 1. The smallest absolute Gasteiger partial charge is 0.246 e. The van der Waals surface area contributed by atoms with Crippen LogP contribution in [0.15, 0.2) is 84.4 Å². The van der Waals surface area contributed by atoms with Crippen molar-refractivity contribution >= 4 is 150 Å². The molecule has 129 heavy (non-hydrogen) atoms. The van der Waals surface area contributed by atoms with Crippen LogP contribution in [0, 0.1) is 5.92 Å². The number of unbranched alkanes of at least 4 members (excludes halogenated alkanes) is 2. The van der Waals surface area contributed by atoms with Gasteiger partial charge in [0.25, 0.3) is 0 Å². The summed E-state index contributed by atoms with van der Waals surface area (Å²) in [4.78, 5) is 269. The van der Waals surface area contributed by atoms with Gasteiger partial charge in [-0.25, -0.2) is 0 Å². The second-order valence-electron chi connectivity index (χ2n) is 33.2. The van der Waals surface area contributed by atoms with E-state index in [1.165, 1.54) is 68.6 Å². The van der Waals surface area contributed by atoms with Crippen LogP contribution in [-0.2, 0) is 106 Å². The first kappa shape index (κ1) is 102. The summed E-state index contributed by atoms with van der Waals surface area (Å²) in [7, 11) is 3.91. The van der Waals surface area contributed by atoms with Crippen molar-refractivity contribution in [3.8, 4) is 5.75 Å². The van der Waals surface area contributed by atoms with Gasteiger partial charge in [-0.3, -0.25) is 86.3 Å². The molecule has 5 aromatic rings. The molecule has 2 aromatic heterocycles. The van der Waals surface area contributed by atoms with Crippen LogP contribution in [0.5, 0.6) is 5.75 Å². The highest BCUT2D eigenvalue weighted by Gasteiger charge is 2.46. The Morgan fingerprint density at radius 3 is 1.64 bits per heavy atom. The minimum Gasteiger partial charge on any atom is -0.508 e.